The smallest absolute Gasteiger partial charge is 0.251 e. The van der Waals surface area contributed by atoms with Crippen LogP contribution in [0.1, 0.15) is 16.8 Å². The number of nitrogens with zero attached hydrogens (tertiary/aromatic N) is 1. The molecule has 0 atom stereocenters. The molecule has 0 aliphatic rings. The Kier molecular flexibility index (Phi) is 7.50. The zero-order valence-electron chi connectivity index (χ0n) is 16.8. The molecule has 8 heteroatoms. The Morgan fingerprint density at radius 3 is 2.39 bits per heavy atom. The Balaban J connectivity index is 1.45. The first-order valence-corrected chi connectivity index (χ1v) is 10.3. The molecular formula is C23H21Cl2N3O3. The van der Waals surface area contributed by atoms with Crippen LogP contribution in [0.25, 0.3) is 10.8 Å². The van der Waals surface area contributed by atoms with Crippen LogP contribution in [0.15, 0.2) is 60.7 Å². The molecule has 0 fully saturated rings. The van der Waals surface area contributed by atoms with Crippen molar-refractivity contribution in [2.24, 2.45) is 0 Å². The molecule has 0 spiro atoms. The Bertz CT molecular complexity index is 1130. The fourth-order valence-corrected chi connectivity index (χ4v) is 3.28. The van der Waals surface area contributed by atoms with Crippen LogP contribution < -0.4 is 10.6 Å². The molecule has 3 rings (SSSR count). The van der Waals surface area contributed by atoms with Gasteiger partial charge in [-0.15, -0.1) is 0 Å². The highest BCUT2D eigenvalue weighted by molar-refractivity contribution is 6.42. The number of carbonyl (C=O) groups excluding carboxylic acids is 3. The van der Waals surface area contributed by atoms with Gasteiger partial charge in [-0.1, -0.05) is 53.5 Å². The number of likely N-dealkylation sites (N-methyl/N-ethyl adjacent to an activating group) is 1. The third-order valence-corrected chi connectivity index (χ3v) is 5.38. The maximum atomic E-state index is 12.4. The van der Waals surface area contributed by atoms with Crippen LogP contribution in [0.5, 0.6) is 0 Å². The standard InChI is InChI=1S/C23H21Cl2N3O3/c1-28(14-21(29)27-18-8-9-19(24)20(25)13-18)22(30)10-11-26-23(31)17-7-6-15-4-2-3-5-16(15)12-17/h2-9,12-13H,10-11,14H2,1H3,(H,26,31)(H,27,29). The van der Waals surface area contributed by atoms with Crippen LogP contribution in [0.4, 0.5) is 5.69 Å². The number of benzene rings is 3. The average molecular weight is 458 g/mol. The molecule has 3 amide bonds. The summed E-state index contributed by atoms with van der Waals surface area (Å²) >= 11 is 11.8. The minimum absolute atomic E-state index is 0.0792. The Morgan fingerprint density at radius 2 is 1.65 bits per heavy atom. The third kappa shape index (κ3) is 6.20. The van der Waals surface area contributed by atoms with Crippen LogP contribution in [0, 0.1) is 0 Å². The van der Waals surface area contributed by atoms with Crippen molar-refractivity contribution in [2.45, 2.75) is 6.42 Å². The van der Waals surface area contributed by atoms with E-state index in [1.54, 1.807) is 18.2 Å². The summed E-state index contributed by atoms with van der Waals surface area (Å²) in [6.07, 6.45) is 0.0792. The summed E-state index contributed by atoms with van der Waals surface area (Å²) < 4.78 is 0. The molecule has 160 valence electrons. The molecule has 3 aromatic rings. The quantitative estimate of drug-likeness (QED) is 0.552. The molecule has 0 radical (unpaired) electrons. The number of nitrogens with one attached hydrogen (secondary N) is 2. The zero-order valence-corrected chi connectivity index (χ0v) is 18.3. The van der Waals surface area contributed by atoms with Gasteiger partial charge in [-0.25, -0.2) is 0 Å². The van der Waals surface area contributed by atoms with Crippen LogP contribution >= 0.6 is 23.2 Å². The van der Waals surface area contributed by atoms with E-state index in [2.05, 4.69) is 10.6 Å². The minimum atomic E-state index is -0.366. The normalized spacial score (nSPS) is 10.5. The van der Waals surface area contributed by atoms with Crippen molar-refractivity contribution in [1.82, 2.24) is 10.2 Å². The van der Waals surface area contributed by atoms with E-state index in [0.717, 1.165) is 10.8 Å². The molecule has 0 aliphatic heterocycles. The van der Waals surface area contributed by atoms with Gasteiger partial charge in [0.1, 0.15) is 0 Å². The molecule has 0 aliphatic carbocycles. The fourth-order valence-electron chi connectivity index (χ4n) is 2.98. The lowest BCUT2D eigenvalue weighted by molar-refractivity contribution is -0.133. The second-order valence-electron chi connectivity index (χ2n) is 6.99. The molecule has 6 nitrogen and oxygen atoms in total. The van der Waals surface area contributed by atoms with Crippen molar-refractivity contribution in [3.05, 3.63) is 76.3 Å². The van der Waals surface area contributed by atoms with E-state index >= 15 is 0 Å². The van der Waals surface area contributed by atoms with E-state index in [0.29, 0.717) is 21.3 Å². The molecule has 0 bridgehead atoms. The molecule has 31 heavy (non-hydrogen) atoms. The number of halogens is 2. The van der Waals surface area contributed by atoms with E-state index < -0.39 is 0 Å². The van der Waals surface area contributed by atoms with E-state index in [1.807, 2.05) is 36.4 Å². The van der Waals surface area contributed by atoms with Gasteiger partial charge in [0.2, 0.25) is 11.8 Å². The maximum Gasteiger partial charge on any atom is 0.251 e. The summed E-state index contributed by atoms with van der Waals surface area (Å²) in [7, 11) is 1.53. The van der Waals surface area contributed by atoms with Gasteiger partial charge in [-0.2, -0.15) is 0 Å². The predicted molar refractivity (Wildman–Crippen MR) is 124 cm³/mol. The Labute approximate surface area is 190 Å². The van der Waals surface area contributed by atoms with Crippen molar-refractivity contribution in [2.75, 3.05) is 25.5 Å². The molecule has 0 aromatic heterocycles. The van der Waals surface area contributed by atoms with Gasteiger partial charge in [-0.3, -0.25) is 14.4 Å². The highest BCUT2D eigenvalue weighted by Crippen LogP contribution is 2.25. The molecule has 3 aromatic carbocycles. The molecule has 0 saturated heterocycles. The zero-order chi connectivity index (χ0) is 22.4. The number of carbonyl (C=O) groups is 3. The summed E-state index contributed by atoms with van der Waals surface area (Å²) in [6.45, 7) is 0.0426. The second-order valence-corrected chi connectivity index (χ2v) is 7.81. The number of amides is 3. The van der Waals surface area contributed by atoms with Gasteiger partial charge in [0.15, 0.2) is 0 Å². The molecule has 2 N–H and O–H groups in total. The number of rotatable bonds is 7. The Morgan fingerprint density at radius 1 is 0.903 bits per heavy atom. The number of fused-ring (bicyclic) bond motifs is 1. The van der Waals surface area contributed by atoms with E-state index in [-0.39, 0.29) is 37.2 Å². The summed E-state index contributed by atoms with van der Waals surface area (Å²) in [5.41, 5.74) is 1.02. The van der Waals surface area contributed by atoms with Gasteiger partial charge in [0.05, 0.1) is 16.6 Å². The first-order chi connectivity index (χ1) is 14.8. The SMILES string of the molecule is CN(CC(=O)Nc1ccc(Cl)c(Cl)c1)C(=O)CCNC(=O)c1ccc2ccccc2c1. The van der Waals surface area contributed by atoms with Gasteiger partial charge >= 0.3 is 0 Å². The highest BCUT2D eigenvalue weighted by Gasteiger charge is 2.14. The lowest BCUT2D eigenvalue weighted by Crippen LogP contribution is -2.37. The van der Waals surface area contributed by atoms with Crippen LogP contribution in [-0.4, -0.2) is 42.8 Å². The molecule has 0 unspecified atom stereocenters. The second kappa shape index (κ2) is 10.3. The van der Waals surface area contributed by atoms with Crippen molar-refractivity contribution in [1.29, 1.82) is 0 Å². The predicted octanol–water partition coefficient (Wildman–Crippen LogP) is 4.36. The number of anilines is 1. The first-order valence-electron chi connectivity index (χ1n) is 9.59. The van der Waals surface area contributed by atoms with Crippen molar-refractivity contribution < 1.29 is 14.4 Å². The van der Waals surface area contributed by atoms with Crippen LogP contribution in [0.3, 0.4) is 0 Å². The average Bonchev–Trinajstić information content (AvgIpc) is 2.75. The van der Waals surface area contributed by atoms with E-state index in [1.165, 1.54) is 18.0 Å². The topological polar surface area (TPSA) is 78.5 Å². The van der Waals surface area contributed by atoms with Crippen LogP contribution in [0.2, 0.25) is 10.0 Å². The first kappa shape index (κ1) is 22.6. The molecular weight excluding hydrogens is 437 g/mol. The highest BCUT2D eigenvalue weighted by atomic mass is 35.5. The van der Waals surface area contributed by atoms with Crippen LogP contribution in [-0.2, 0) is 9.59 Å². The molecule has 0 saturated carbocycles. The summed E-state index contributed by atoms with van der Waals surface area (Å²) in [5.74, 6) is -0.879. The fraction of sp³-hybridized carbons (Fsp3) is 0.174. The number of hydrogen-bond acceptors (Lipinski definition) is 3. The Hall–Kier alpha value is -3.09. The summed E-state index contributed by atoms with van der Waals surface area (Å²) in [4.78, 5) is 38.1. The number of hydrogen-bond donors (Lipinski definition) is 2. The van der Waals surface area contributed by atoms with Crippen molar-refractivity contribution in [3.8, 4) is 0 Å². The largest absolute Gasteiger partial charge is 0.352 e. The maximum absolute atomic E-state index is 12.4. The minimum Gasteiger partial charge on any atom is -0.352 e. The molecule has 0 heterocycles. The van der Waals surface area contributed by atoms with E-state index in [4.69, 9.17) is 23.2 Å². The van der Waals surface area contributed by atoms with Crippen molar-refractivity contribution >= 4 is 57.4 Å². The van der Waals surface area contributed by atoms with Gasteiger partial charge < -0.3 is 15.5 Å². The van der Waals surface area contributed by atoms with Gasteiger partial charge in [-0.05, 0) is 41.1 Å². The van der Waals surface area contributed by atoms with Gasteiger partial charge in [0, 0.05) is 31.3 Å². The third-order valence-electron chi connectivity index (χ3n) is 4.65. The summed E-state index contributed by atoms with van der Waals surface area (Å²) in [5, 5.41) is 8.13. The monoisotopic (exact) mass is 457 g/mol. The van der Waals surface area contributed by atoms with Gasteiger partial charge in [0.25, 0.3) is 5.91 Å². The lowest BCUT2D eigenvalue weighted by Gasteiger charge is -2.17. The van der Waals surface area contributed by atoms with E-state index in [9.17, 15) is 14.4 Å². The lowest BCUT2D eigenvalue weighted by atomic mass is 10.1. The van der Waals surface area contributed by atoms with Crippen molar-refractivity contribution in [3.63, 3.8) is 0 Å². The summed E-state index contributed by atoms with van der Waals surface area (Å²) in [6, 6.07) is 17.9.